The molecule has 446 valence electrons. The van der Waals surface area contributed by atoms with Crippen LogP contribution < -0.4 is 36.0 Å². The number of rotatable bonds is 10. The van der Waals surface area contributed by atoms with E-state index < -0.39 is 0 Å². The van der Waals surface area contributed by atoms with Gasteiger partial charge in [0, 0.05) is 78.8 Å². The van der Waals surface area contributed by atoms with Crippen LogP contribution in [0.25, 0.3) is 44.6 Å². The van der Waals surface area contributed by atoms with Crippen molar-refractivity contribution in [3.63, 3.8) is 0 Å². The van der Waals surface area contributed by atoms with Crippen LogP contribution in [-0.4, -0.2) is 6.71 Å². The highest BCUT2D eigenvalue weighted by atomic mass is 16.3. The number of fused-ring (bicyclic) bond motifs is 6. The molecule has 0 atom stereocenters. The SMILES string of the molecule is Cc1cccc(C)c1N1c2cc(N(c3ccccc3)c3ccccc3)ccc2B2c3cc(C(C)(C)C)ccc3N(c3cc(-c4cc5ccccc5o4)cc(-c4cc5ccccc5o4)c3)c3cc(N(c4ccc(C(C)(C)C)cc4)c4ccc(C(C)(C)C)cc4)cc1c32. The van der Waals surface area contributed by atoms with Crippen LogP contribution in [-0.2, 0) is 16.2 Å². The fourth-order valence-corrected chi connectivity index (χ4v) is 13.9. The summed E-state index contributed by atoms with van der Waals surface area (Å²) in [5.74, 6) is 1.56. The van der Waals surface area contributed by atoms with E-state index in [9.17, 15) is 0 Å². The first-order valence-corrected chi connectivity index (χ1v) is 32.0. The second kappa shape index (κ2) is 21.8. The summed E-state index contributed by atoms with van der Waals surface area (Å²) in [7, 11) is 0. The number of hydrogen-bond acceptors (Lipinski definition) is 6. The van der Waals surface area contributed by atoms with Crippen LogP contribution in [0.15, 0.2) is 264 Å². The molecule has 2 aromatic heterocycles. The van der Waals surface area contributed by atoms with E-state index >= 15 is 0 Å². The van der Waals surface area contributed by atoms with Crippen molar-refractivity contribution < 1.29 is 8.83 Å². The molecule has 0 saturated carbocycles. The zero-order valence-electron chi connectivity index (χ0n) is 53.9. The van der Waals surface area contributed by atoms with Gasteiger partial charge in [0.15, 0.2) is 0 Å². The zero-order chi connectivity index (χ0) is 62.7. The van der Waals surface area contributed by atoms with E-state index in [4.69, 9.17) is 8.83 Å². The third-order valence-corrected chi connectivity index (χ3v) is 18.7. The molecule has 0 radical (unpaired) electrons. The van der Waals surface area contributed by atoms with Gasteiger partial charge in [-0.15, -0.1) is 0 Å². The Bertz CT molecular complexity index is 4650. The van der Waals surface area contributed by atoms with E-state index in [1.54, 1.807) is 0 Å². The quantitative estimate of drug-likeness (QED) is 0.127. The van der Waals surface area contributed by atoms with Crippen LogP contribution >= 0.6 is 0 Å². The molecule has 2 aliphatic rings. The summed E-state index contributed by atoms with van der Waals surface area (Å²) in [5.41, 5.74) is 26.1. The van der Waals surface area contributed by atoms with Gasteiger partial charge in [0.05, 0.1) is 11.4 Å². The zero-order valence-corrected chi connectivity index (χ0v) is 53.9. The summed E-state index contributed by atoms with van der Waals surface area (Å²) < 4.78 is 13.7. The Morgan fingerprint density at radius 1 is 0.330 bits per heavy atom. The van der Waals surface area contributed by atoms with Crippen molar-refractivity contribution in [1.82, 2.24) is 0 Å². The maximum atomic E-state index is 6.85. The third kappa shape index (κ3) is 10.2. The molecule has 0 unspecified atom stereocenters. The number of furan rings is 2. The van der Waals surface area contributed by atoms with Crippen LogP contribution in [0.5, 0.6) is 0 Å². The topological polar surface area (TPSA) is 39.2 Å². The van der Waals surface area contributed by atoms with Crippen LogP contribution in [0.1, 0.15) is 90.1 Å². The van der Waals surface area contributed by atoms with Crippen LogP contribution in [0.4, 0.5) is 68.2 Å². The van der Waals surface area contributed by atoms with Crippen molar-refractivity contribution >= 4 is 113 Å². The average Bonchev–Trinajstić information content (AvgIpc) is 0.978. The molecule has 91 heavy (non-hydrogen) atoms. The van der Waals surface area contributed by atoms with Crippen LogP contribution in [0, 0.1) is 13.8 Å². The molecule has 0 spiro atoms. The molecule has 13 aromatic rings. The molecule has 7 heteroatoms. The molecule has 0 amide bonds. The maximum absolute atomic E-state index is 6.85. The normalized spacial score (nSPS) is 12.9. The first-order valence-electron chi connectivity index (χ1n) is 32.0. The van der Waals surface area contributed by atoms with Gasteiger partial charge in [-0.3, -0.25) is 0 Å². The monoisotopic (exact) mass is 1180 g/mol. The van der Waals surface area contributed by atoms with Crippen molar-refractivity contribution in [3.05, 3.63) is 283 Å². The van der Waals surface area contributed by atoms with Gasteiger partial charge >= 0.3 is 0 Å². The Balaban J connectivity index is 1.08. The Morgan fingerprint density at radius 2 is 0.769 bits per heavy atom. The lowest BCUT2D eigenvalue weighted by atomic mass is 9.33. The predicted octanol–water partition coefficient (Wildman–Crippen LogP) is 22.0. The van der Waals surface area contributed by atoms with Crippen LogP contribution in [0.2, 0.25) is 0 Å². The third-order valence-electron chi connectivity index (χ3n) is 18.7. The summed E-state index contributed by atoms with van der Waals surface area (Å²) in [5, 5.41) is 2.09. The van der Waals surface area contributed by atoms with E-state index in [1.807, 2.05) is 12.1 Å². The van der Waals surface area contributed by atoms with Gasteiger partial charge in [-0.2, -0.15) is 0 Å². The predicted molar refractivity (Wildman–Crippen MR) is 386 cm³/mol. The Labute approximate surface area is 536 Å². The highest BCUT2D eigenvalue weighted by Crippen LogP contribution is 2.52. The van der Waals surface area contributed by atoms with Gasteiger partial charge < -0.3 is 28.4 Å². The first-order chi connectivity index (χ1) is 43.8. The van der Waals surface area contributed by atoms with Gasteiger partial charge in [-0.25, -0.2) is 0 Å². The lowest BCUT2D eigenvalue weighted by Gasteiger charge is -2.46. The van der Waals surface area contributed by atoms with Crippen molar-refractivity contribution in [1.29, 1.82) is 0 Å². The molecule has 6 nitrogen and oxygen atoms in total. The minimum atomic E-state index is -0.196. The summed E-state index contributed by atoms with van der Waals surface area (Å²) >= 11 is 0. The molecule has 2 aliphatic heterocycles. The van der Waals surface area contributed by atoms with Crippen molar-refractivity contribution in [2.24, 2.45) is 0 Å². The van der Waals surface area contributed by atoms with Crippen molar-refractivity contribution in [2.75, 3.05) is 19.6 Å². The minimum absolute atomic E-state index is 0.0453. The van der Waals surface area contributed by atoms with E-state index in [2.05, 4.69) is 338 Å². The van der Waals surface area contributed by atoms with E-state index in [0.717, 1.165) is 113 Å². The molecule has 0 bridgehead atoms. The number of para-hydroxylation sites is 5. The van der Waals surface area contributed by atoms with Gasteiger partial charge in [-0.1, -0.05) is 196 Å². The summed E-state index contributed by atoms with van der Waals surface area (Å²) in [4.78, 5) is 10.0. The number of benzene rings is 11. The fraction of sp³-hybridized carbons (Fsp3) is 0.167. The standard InChI is InChI=1S/C84H75BN4O2/c1-54-23-22-24-55(2)81(54)89-73-51-67(86(63-27-14-12-15-28-63)64-29-16-13-17-30-64)42-43-70(73)85-71-50-62(84(9,10)11)37-44-72(71)88(68-46-58(78-48-56-25-18-20-31-76(56)90-78)45-59(47-68)79-49-57-26-19-21-32-77(57)91-79)74-52-69(53-75(89)80(74)85)87(65-38-33-60(34-39-65)82(3,4)5)66-40-35-61(36-41-66)83(6,7)8/h12-53H,1-11H3. The molecule has 11 aromatic carbocycles. The van der Waals surface area contributed by atoms with Gasteiger partial charge in [0.25, 0.3) is 6.71 Å². The first kappa shape index (κ1) is 57.2. The minimum Gasteiger partial charge on any atom is -0.456 e. The number of hydrogen-bond donors (Lipinski definition) is 0. The van der Waals surface area contributed by atoms with Crippen molar-refractivity contribution in [3.8, 4) is 22.6 Å². The smallest absolute Gasteiger partial charge is 0.252 e. The highest BCUT2D eigenvalue weighted by Gasteiger charge is 2.45. The average molecular weight is 1180 g/mol. The van der Waals surface area contributed by atoms with Crippen LogP contribution in [0.3, 0.4) is 0 Å². The van der Waals surface area contributed by atoms with Crippen molar-refractivity contribution in [2.45, 2.75) is 92.4 Å². The molecule has 15 rings (SSSR count). The second-order valence-corrected chi connectivity index (χ2v) is 28.0. The maximum Gasteiger partial charge on any atom is 0.252 e. The van der Waals surface area contributed by atoms with Gasteiger partial charge in [-0.05, 0) is 196 Å². The van der Waals surface area contributed by atoms with E-state index in [0.29, 0.717) is 0 Å². The van der Waals surface area contributed by atoms with Gasteiger partial charge in [0.1, 0.15) is 22.7 Å². The molecule has 0 saturated heterocycles. The molecule has 0 N–H and O–H groups in total. The van der Waals surface area contributed by atoms with E-state index in [-0.39, 0.29) is 23.0 Å². The Morgan fingerprint density at radius 3 is 1.27 bits per heavy atom. The molecule has 0 fully saturated rings. The number of anilines is 12. The fourth-order valence-electron chi connectivity index (χ4n) is 13.9. The van der Waals surface area contributed by atoms with Gasteiger partial charge in [0.2, 0.25) is 0 Å². The molecular formula is C84H75BN4O2. The number of nitrogens with zero attached hydrogens (tertiary/aromatic N) is 4. The second-order valence-electron chi connectivity index (χ2n) is 28.0. The van der Waals surface area contributed by atoms with E-state index in [1.165, 1.54) is 44.2 Å². The summed E-state index contributed by atoms with van der Waals surface area (Å²) in [6, 6.07) is 94.1. The number of aryl methyl sites for hydroxylation is 2. The lowest BCUT2D eigenvalue weighted by Crippen LogP contribution is -2.61. The lowest BCUT2D eigenvalue weighted by molar-refractivity contribution is 0.590. The largest absolute Gasteiger partial charge is 0.456 e. The molecule has 0 aliphatic carbocycles. The summed E-state index contributed by atoms with van der Waals surface area (Å²) in [6.07, 6.45) is 0. The molecule has 4 heterocycles. The Hall–Kier alpha value is -10.2. The summed E-state index contributed by atoms with van der Waals surface area (Å²) in [6.45, 7) is 25.1. The molecular weight excluding hydrogens is 1110 g/mol. The highest BCUT2D eigenvalue weighted by molar-refractivity contribution is 7.00. The Kier molecular flexibility index (Phi) is 13.7.